The molecule has 0 spiro atoms. The summed E-state index contributed by atoms with van der Waals surface area (Å²) in [6, 6.07) is 19.4. The van der Waals surface area contributed by atoms with Crippen LogP contribution in [-0.4, -0.2) is 0 Å². The summed E-state index contributed by atoms with van der Waals surface area (Å²) in [6.07, 6.45) is 0. The predicted molar refractivity (Wildman–Crippen MR) is 77.9 cm³/mol. The Morgan fingerprint density at radius 2 is 1.39 bits per heavy atom. The molecule has 0 heterocycles. The standard InChI is InChI=1S/C17H11Cl/c18-10-12-6-3-8-14-13-7-1-4-11-5-2-9-15(16(11)13)17(12)14/h1-9H,10H2. The first-order valence-corrected chi connectivity index (χ1v) is 6.64. The Balaban J connectivity index is 2.24. The van der Waals surface area contributed by atoms with Gasteiger partial charge in [-0.3, -0.25) is 0 Å². The van der Waals surface area contributed by atoms with Crippen LogP contribution in [-0.2, 0) is 5.88 Å². The summed E-state index contributed by atoms with van der Waals surface area (Å²) in [5.41, 5.74) is 6.52. The molecule has 3 aromatic rings. The van der Waals surface area contributed by atoms with Crippen LogP contribution in [0.5, 0.6) is 0 Å². The fourth-order valence-electron chi connectivity index (χ4n) is 3.03. The smallest absolute Gasteiger partial charge is 0.0480 e. The quantitative estimate of drug-likeness (QED) is 0.406. The lowest BCUT2D eigenvalue weighted by atomic mass is 9.99. The maximum absolute atomic E-state index is 6.09. The van der Waals surface area contributed by atoms with Crippen molar-refractivity contribution in [3.63, 3.8) is 0 Å². The molecule has 1 aliphatic carbocycles. The van der Waals surface area contributed by atoms with E-state index in [1.807, 2.05) is 0 Å². The Morgan fingerprint density at radius 3 is 2.17 bits per heavy atom. The molecule has 0 fully saturated rings. The van der Waals surface area contributed by atoms with Crippen LogP contribution in [0.3, 0.4) is 0 Å². The molecule has 0 amide bonds. The second kappa shape index (κ2) is 3.60. The highest BCUT2D eigenvalue weighted by molar-refractivity contribution is 6.20. The van der Waals surface area contributed by atoms with Gasteiger partial charge in [0.15, 0.2) is 0 Å². The van der Waals surface area contributed by atoms with Crippen molar-refractivity contribution in [2.45, 2.75) is 5.88 Å². The number of halogens is 1. The van der Waals surface area contributed by atoms with Gasteiger partial charge in [0.1, 0.15) is 0 Å². The van der Waals surface area contributed by atoms with Gasteiger partial charge >= 0.3 is 0 Å². The van der Waals surface area contributed by atoms with Crippen LogP contribution in [0.2, 0.25) is 0 Å². The van der Waals surface area contributed by atoms with Crippen molar-refractivity contribution >= 4 is 22.4 Å². The number of alkyl halides is 1. The lowest BCUT2D eigenvalue weighted by Gasteiger charge is -2.06. The van der Waals surface area contributed by atoms with E-state index in [9.17, 15) is 0 Å². The molecule has 0 aromatic heterocycles. The van der Waals surface area contributed by atoms with Gasteiger partial charge in [0.05, 0.1) is 0 Å². The van der Waals surface area contributed by atoms with E-state index in [1.165, 1.54) is 38.6 Å². The molecule has 0 aliphatic heterocycles. The van der Waals surface area contributed by atoms with Gasteiger partial charge in [-0.15, -0.1) is 11.6 Å². The molecule has 1 aliphatic rings. The molecule has 3 aromatic carbocycles. The summed E-state index contributed by atoms with van der Waals surface area (Å²) in [5, 5.41) is 2.68. The van der Waals surface area contributed by atoms with Gasteiger partial charge in [0, 0.05) is 5.88 Å². The van der Waals surface area contributed by atoms with Gasteiger partial charge in [-0.25, -0.2) is 0 Å². The lowest BCUT2D eigenvalue weighted by Crippen LogP contribution is -1.84. The minimum absolute atomic E-state index is 0.563. The number of hydrogen-bond donors (Lipinski definition) is 0. The largest absolute Gasteiger partial charge is 0.122 e. The first-order chi connectivity index (χ1) is 8.90. The number of hydrogen-bond acceptors (Lipinski definition) is 0. The van der Waals surface area contributed by atoms with Crippen molar-refractivity contribution in [3.8, 4) is 22.3 Å². The van der Waals surface area contributed by atoms with E-state index >= 15 is 0 Å². The van der Waals surface area contributed by atoms with Crippen molar-refractivity contribution in [3.05, 3.63) is 60.2 Å². The Kier molecular flexibility index (Phi) is 2.03. The molecule has 0 saturated heterocycles. The molecule has 0 atom stereocenters. The summed E-state index contributed by atoms with van der Waals surface area (Å²) in [5.74, 6) is 0.563. The summed E-state index contributed by atoms with van der Waals surface area (Å²) in [7, 11) is 0. The van der Waals surface area contributed by atoms with E-state index in [4.69, 9.17) is 11.6 Å². The zero-order chi connectivity index (χ0) is 12.1. The van der Waals surface area contributed by atoms with Crippen LogP contribution in [0.25, 0.3) is 33.0 Å². The third kappa shape index (κ3) is 1.16. The Bertz CT molecular complexity index is 766. The topological polar surface area (TPSA) is 0 Å². The summed E-state index contributed by atoms with van der Waals surface area (Å²) in [4.78, 5) is 0. The average molecular weight is 251 g/mol. The highest BCUT2D eigenvalue weighted by atomic mass is 35.5. The summed E-state index contributed by atoms with van der Waals surface area (Å²) >= 11 is 6.09. The molecule has 0 unspecified atom stereocenters. The highest BCUT2D eigenvalue weighted by Crippen LogP contribution is 2.48. The molecule has 0 saturated carbocycles. The maximum Gasteiger partial charge on any atom is 0.0480 e. The van der Waals surface area contributed by atoms with E-state index in [2.05, 4.69) is 54.6 Å². The van der Waals surface area contributed by atoms with Crippen molar-refractivity contribution in [1.82, 2.24) is 0 Å². The van der Waals surface area contributed by atoms with Crippen molar-refractivity contribution in [1.29, 1.82) is 0 Å². The van der Waals surface area contributed by atoms with Gasteiger partial charge in [-0.1, -0.05) is 54.6 Å². The van der Waals surface area contributed by atoms with Gasteiger partial charge in [-0.2, -0.15) is 0 Å². The summed E-state index contributed by atoms with van der Waals surface area (Å²) in [6.45, 7) is 0. The molecule has 0 N–H and O–H groups in total. The Hall–Kier alpha value is -1.79. The highest BCUT2D eigenvalue weighted by Gasteiger charge is 2.22. The first-order valence-electron chi connectivity index (χ1n) is 6.10. The van der Waals surface area contributed by atoms with Gasteiger partial charge in [-0.05, 0) is 38.6 Å². The molecule has 0 radical (unpaired) electrons. The molecule has 4 rings (SSSR count). The molecular weight excluding hydrogens is 240 g/mol. The minimum atomic E-state index is 0.563. The van der Waals surface area contributed by atoms with E-state index in [-0.39, 0.29) is 0 Å². The Morgan fingerprint density at radius 1 is 0.722 bits per heavy atom. The molecular formula is C17H11Cl. The van der Waals surface area contributed by atoms with Crippen LogP contribution in [0, 0.1) is 0 Å². The van der Waals surface area contributed by atoms with Crippen LogP contribution in [0.15, 0.2) is 54.6 Å². The predicted octanol–water partition coefficient (Wildman–Crippen LogP) is 5.23. The fourth-order valence-corrected chi connectivity index (χ4v) is 3.25. The third-order valence-corrected chi connectivity index (χ3v) is 4.05. The number of rotatable bonds is 1. The minimum Gasteiger partial charge on any atom is -0.122 e. The van der Waals surface area contributed by atoms with Gasteiger partial charge in [0.25, 0.3) is 0 Å². The van der Waals surface area contributed by atoms with Crippen molar-refractivity contribution < 1.29 is 0 Å². The van der Waals surface area contributed by atoms with Crippen molar-refractivity contribution in [2.75, 3.05) is 0 Å². The second-order valence-electron chi connectivity index (χ2n) is 4.68. The summed E-state index contributed by atoms with van der Waals surface area (Å²) < 4.78 is 0. The number of benzene rings is 3. The van der Waals surface area contributed by atoms with E-state index < -0.39 is 0 Å². The molecule has 0 nitrogen and oxygen atoms in total. The average Bonchev–Trinajstić information content (AvgIpc) is 2.77. The second-order valence-corrected chi connectivity index (χ2v) is 4.95. The third-order valence-electron chi connectivity index (χ3n) is 3.76. The zero-order valence-electron chi connectivity index (χ0n) is 9.78. The van der Waals surface area contributed by atoms with Crippen LogP contribution >= 0.6 is 11.6 Å². The normalized spacial score (nSPS) is 11.8. The molecule has 1 heteroatoms. The van der Waals surface area contributed by atoms with E-state index in [0.29, 0.717) is 5.88 Å². The lowest BCUT2D eigenvalue weighted by molar-refractivity contribution is 1.41. The zero-order valence-corrected chi connectivity index (χ0v) is 10.5. The SMILES string of the molecule is ClCc1cccc2c1-c1cccc3cccc-2c13. The van der Waals surface area contributed by atoms with E-state index in [1.54, 1.807) is 0 Å². The van der Waals surface area contributed by atoms with Gasteiger partial charge < -0.3 is 0 Å². The maximum atomic E-state index is 6.09. The first kappa shape index (κ1) is 10.2. The fraction of sp³-hybridized carbons (Fsp3) is 0.0588. The number of fused-ring (bicyclic) bond motifs is 3. The molecule has 86 valence electrons. The molecule has 18 heavy (non-hydrogen) atoms. The van der Waals surface area contributed by atoms with Crippen LogP contribution in [0.1, 0.15) is 5.56 Å². The van der Waals surface area contributed by atoms with Crippen molar-refractivity contribution in [2.24, 2.45) is 0 Å². The van der Waals surface area contributed by atoms with Crippen LogP contribution < -0.4 is 0 Å². The Labute approximate surface area is 111 Å². The molecule has 0 bridgehead atoms. The monoisotopic (exact) mass is 250 g/mol. The van der Waals surface area contributed by atoms with E-state index in [0.717, 1.165) is 0 Å². The van der Waals surface area contributed by atoms with Crippen LogP contribution in [0.4, 0.5) is 0 Å². The van der Waals surface area contributed by atoms with Gasteiger partial charge in [0.2, 0.25) is 0 Å².